The lowest BCUT2D eigenvalue weighted by molar-refractivity contribution is -0.142. The Morgan fingerprint density at radius 1 is 1.50 bits per heavy atom. The van der Waals surface area contributed by atoms with Crippen LogP contribution in [0.5, 0.6) is 0 Å². The third-order valence-electron chi connectivity index (χ3n) is 2.60. The zero-order chi connectivity index (χ0) is 15.1. The fourth-order valence-corrected chi connectivity index (χ4v) is 1.71. The quantitative estimate of drug-likeness (QED) is 0.701. The fraction of sp³-hybridized carbons (Fsp3) is 0.667. The minimum Gasteiger partial charge on any atom is -0.469 e. The van der Waals surface area contributed by atoms with Gasteiger partial charge in [0.25, 0.3) is 0 Å². The van der Waals surface area contributed by atoms with Gasteiger partial charge < -0.3 is 15.4 Å². The molecule has 8 nitrogen and oxygen atoms in total. The van der Waals surface area contributed by atoms with Crippen molar-refractivity contribution in [2.45, 2.75) is 26.8 Å². The fourth-order valence-electron chi connectivity index (χ4n) is 1.71. The minimum atomic E-state index is -0.337. The topological polar surface area (TPSA) is 103 Å². The molecule has 20 heavy (non-hydrogen) atoms. The number of hydrogen-bond acceptors (Lipinski definition) is 6. The molecule has 1 rings (SSSR count). The molecular weight excluding hydrogens is 262 g/mol. The molecule has 2 N–H and O–H groups in total. The lowest BCUT2D eigenvalue weighted by atomic mass is 10.2. The standard InChI is InChI=1S/C12H21N5O3/c1-9(2)6-16(5-4-11(19)20-3)10(18)7-17-8-14-12(13)15-17/h8-9H,4-7H2,1-3H3,(H2,13,15). The van der Waals surface area contributed by atoms with Crippen molar-refractivity contribution in [3.63, 3.8) is 0 Å². The van der Waals surface area contributed by atoms with E-state index >= 15 is 0 Å². The summed E-state index contributed by atoms with van der Waals surface area (Å²) < 4.78 is 5.96. The second-order valence-electron chi connectivity index (χ2n) is 4.86. The first kappa shape index (κ1) is 15.9. The van der Waals surface area contributed by atoms with Crippen LogP contribution in [0.4, 0.5) is 5.95 Å². The number of nitrogen functional groups attached to an aromatic ring is 1. The van der Waals surface area contributed by atoms with Gasteiger partial charge in [-0.1, -0.05) is 13.8 Å². The van der Waals surface area contributed by atoms with Gasteiger partial charge in [-0.15, -0.1) is 5.10 Å². The average molecular weight is 283 g/mol. The van der Waals surface area contributed by atoms with Crippen molar-refractivity contribution in [2.75, 3.05) is 25.9 Å². The molecule has 0 aliphatic rings. The van der Waals surface area contributed by atoms with Crippen molar-refractivity contribution >= 4 is 17.8 Å². The maximum absolute atomic E-state index is 12.2. The number of esters is 1. The molecule has 8 heteroatoms. The summed E-state index contributed by atoms with van der Waals surface area (Å²) >= 11 is 0. The van der Waals surface area contributed by atoms with Gasteiger partial charge in [0.2, 0.25) is 11.9 Å². The van der Waals surface area contributed by atoms with Gasteiger partial charge in [0.05, 0.1) is 13.5 Å². The lowest BCUT2D eigenvalue weighted by Crippen LogP contribution is -2.38. The largest absolute Gasteiger partial charge is 0.469 e. The van der Waals surface area contributed by atoms with Gasteiger partial charge in [0.15, 0.2) is 0 Å². The highest BCUT2D eigenvalue weighted by molar-refractivity contribution is 5.77. The van der Waals surface area contributed by atoms with Gasteiger partial charge in [0.1, 0.15) is 12.9 Å². The Morgan fingerprint density at radius 3 is 2.70 bits per heavy atom. The number of carbonyl (C=O) groups excluding carboxylic acids is 2. The van der Waals surface area contributed by atoms with Crippen molar-refractivity contribution in [3.8, 4) is 0 Å². The number of nitrogens with two attached hydrogens (primary N) is 1. The molecule has 0 saturated heterocycles. The Bertz CT molecular complexity index is 458. The van der Waals surface area contributed by atoms with Crippen molar-refractivity contribution in [1.82, 2.24) is 19.7 Å². The average Bonchev–Trinajstić information content (AvgIpc) is 2.78. The van der Waals surface area contributed by atoms with Crippen molar-refractivity contribution in [2.24, 2.45) is 5.92 Å². The van der Waals surface area contributed by atoms with Gasteiger partial charge >= 0.3 is 5.97 Å². The normalized spacial score (nSPS) is 10.6. The van der Waals surface area contributed by atoms with Gasteiger partial charge in [0, 0.05) is 13.1 Å². The number of amides is 1. The van der Waals surface area contributed by atoms with Crippen LogP contribution in [-0.4, -0.2) is 51.7 Å². The van der Waals surface area contributed by atoms with Crippen molar-refractivity contribution in [3.05, 3.63) is 6.33 Å². The molecule has 0 aliphatic heterocycles. The van der Waals surface area contributed by atoms with Crippen LogP contribution in [0.15, 0.2) is 6.33 Å². The maximum Gasteiger partial charge on any atom is 0.307 e. The Morgan fingerprint density at radius 2 is 2.20 bits per heavy atom. The van der Waals surface area contributed by atoms with Gasteiger partial charge in [-0.25, -0.2) is 9.67 Å². The molecule has 0 radical (unpaired) electrons. The van der Waals surface area contributed by atoms with Crippen LogP contribution >= 0.6 is 0 Å². The summed E-state index contributed by atoms with van der Waals surface area (Å²) in [4.78, 5) is 28.8. The van der Waals surface area contributed by atoms with Crippen molar-refractivity contribution in [1.29, 1.82) is 0 Å². The summed E-state index contributed by atoms with van der Waals surface area (Å²) in [6, 6.07) is 0. The van der Waals surface area contributed by atoms with E-state index in [4.69, 9.17) is 5.73 Å². The summed E-state index contributed by atoms with van der Waals surface area (Å²) in [5.41, 5.74) is 5.40. The number of rotatable bonds is 7. The zero-order valence-electron chi connectivity index (χ0n) is 12.1. The molecule has 1 amide bonds. The number of aromatic nitrogens is 3. The first-order valence-corrected chi connectivity index (χ1v) is 6.42. The summed E-state index contributed by atoms with van der Waals surface area (Å²) in [7, 11) is 1.33. The van der Waals surface area contributed by atoms with E-state index in [1.165, 1.54) is 18.1 Å². The summed E-state index contributed by atoms with van der Waals surface area (Å²) in [5, 5.41) is 3.87. The first-order chi connectivity index (χ1) is 9.42. The highest BCUT2D eigenvalue weighted by Gasteiger charge is 2.17. The van der Waals surface area contributed by atoms with Crippen molar-refractivity contribution < 1.29 is 14.3 Å². The number of ether oxygens (including phenoxy) is 1. The van der Waals surface area contributed by atoms with E-state index in [1.807, 2.05) is 13.8 Å². The van der Waals surface area contributed by atoms with Crippen LogP contribution in [0.2, 0.25) is 0 Å². The second-order valence-corrected chi connectivity index (χ2v) is 4.86. The Hall–Kier alpha value is -2.12. The number of methoxy groups -OCH3 is 1. The monoisotopic (exact) mass is 283 g/mol. The molecular formula is C12H21N5O3. The molecule has 0 fully saturated rings. The predicted octanol–water partition coefficient (Wildman–Crippen LogP) is -0.0920. The van der Waals surface area contributed by atoms with Gasteiger partial charge in [-0.3, -0.25) is 9.59 Å². The van der Waals surface area contributed by atoms with Crippen LogP contribution in [0.25, 0.3) is 0 Å². The number of nitrogens with zero attached hydrogens (tertiary/aromatic N) is 4. The molecule has 112 valence electrons. The smallest absolute Gasteiger partial charge is 0.307 e. The second kappa shape index (κ2) is 7.46. The molecule has 1 aromatic rings. The molecule has 0 bridgehead atoms. The zero-order valence-corrected chi connectivity index (χ0v) is 12.1. The minimum absolute atomic E-state index is 0.0537. The molecule has 0 aliphatic carbocycles. The Balaban J connectivity index is 2.61. The third-order valence-corrected chi connectivity index (χ3v) is 2.60. The molecule has 0 unspecified atom stereocenters. The van der Waals surface area contributed by atoms with Crippen LogP contribution < -0.4 is 5.73 Å². The van der Waals surface area contributed by atoms with E-state index < -0.39 is 0 Å². The Kier molecular flexibility index (Phi) is 5.95. The van der Waals surface area contributed by atoms with Crippen LogP contribution in [0, 0.1) is 5.92 Å². The number of carbonyl (C=O) groups is 2. The molecule has 0 spiro atoms. The maximum atomic E-state index is 12.2. The molecule has 1 aromatic heterocycles. The van der Waals surface area contributed by atoms with Crippen LogP contribution in [0.1, 0.15) is 20.3 Å². The number of anilines is 1. The first-order valence-electron chi connectivity index (χ1n) is 6.42. The highest BCUT2D eigenvalue weighted by atomic mass is 16.5. The van der Waals surface area contributed by atoms with Crippen LogP contribution in [-0.2, 0) is 20.9 Å². The van der Waals surface area contributed by atoms with E-state index in [2.05, 4.69) is 14.8 Å². The summed E-state index contributed by atoms with van der Waals surface area (Å²) in [6.07, 6.45) is 1.58. The SMILES string of the molecule is COC(=O)CCN(CC(C)C)C(=O)Cn1cnc(N)n1. The molecule has 1 heterocycles. The van der Waals surface area contributed by atoms with E-state index in [0.717, 1.165) is 0 Å². The Labute approximate surface area is 117 Å². The molecule has 0 aromatic carbocycles. The van der Waals surface area contributed by atoms with Gasteiger partial charge in [-0.05, 0) is 5.92 Å². The number of hydrogen-bond donors (Lipinski definition) is 1. The van der Waals surface area contributed by atoms with Gasteiger partial charge in [-0.2, -0.15) is 0 Å². The highest BCUT2D eigenvalue weighted by Crippen LogP contribution is 2.03. The third kappa shape index (κ3) is 5.25. The van der Waals surface area contributed by atoms with E-state index in [1.54, 1.807) is 4.90 Å². The van der Waals surface area contributed by atoms with E-state index in [9.17, 15) is 9.59 Å². The van der Waals surface area contributed by atoms with E-state index in [-0.39, 0.29) is 30.8 Å². The van der Waals surface area contributed by atoms with E-state index in [0.29, 0.717) is 19.0 Å². The van der Waals surface area contributed by atoms with Crippen LogP contribution in [0.3, 0.4) is 0 Å². The molecule has 0 atom stereocenters. The lowest BCUT2D eigenvalue weighted by Gasteiger charge is -2.24. The predicted molar refractivity (Wildman–Crippen MR) is 72.5 cm³/mol. The molecule has 0 saturated carbocycles. The summed E-state index contributed by atoms with van der Waals surface area (Å²) in [6.45, 7) is 4.96. The summed E-state index contributed by atoms with van der Waals surface area (Å²) in [5.74, 6) is -0.0377.